The predicted octanol–water partition coefficient (Wildman–Crippen LogP) is 1.54. The highest BCUT2D eigenvalue weighted by Gasteiger charge is 2.54. The number of thiophene rings is 1. The standard InChI is InChI=1S/C20H17N3O7S2/c24-15(8-13-2-1-7-31-13)21-17-18(26)22-14(9-16(25)32-19(17)22)20(27)30-10-11-3-5-12(6-4-11)23(28)29/h1-7,9,16-17,19,25H,8,10H2,(H,21,24)/t16?,17?,19-/m0/s1. The van der Waals surface area contributed by atoms with Crippen LogP contribution >= 0.6 is 23.1 Å². The second-order valence-corrected chi connectivity index (χ2v) is 9.25. The molecule has 1 saturated heterocycles. The minimum absolute atomic E-state index is 0.0867. The minimum Gasteiger partial charge on any atom is -0.456 e. The van der Waals surface area contributed by atoms with Crippen LogP contribution in [0.2, 0.25) is 0 Å². The SMILES string of the molecule is O=C(Cc1cccs1)NC1C(=O)N2C(C(=O)OCc3ccc([N+](=O)[O-])cc3)=CC(O)S[C@@H]12. The van der Waals surface area contributed by atoms with E-state index >= 15 is 0 Å². The summed E-state index contributed by atoms with van der Waals surface area (Å²) in [6, 6.07) is 8.30. The molecule has 1 fully saturated rings. The van der Waals surface area contributed by atoms with Crippen molar-refractivity contribution in [1.82, 2.24) is 10.2 Å². The number of nitrogens with zero attached hydrogens (tertiary/aromatic N) is 2. The fraction of sp³-hybridized carbons (Fsp3) is 0.250. The number of β-lactam (4-membered cyclic amide) rings is 1. The maximum atomic E-state index is 12.6. The lowest BCUT2D eigenvalue weighted by Gasteiger charge is -2.49. The average Bonchev–Trinajstić information content (AvgIpc) is 3.28. The number of aliphatic hydroxyl groups is 1. The van der Waals surface area contributed by atoms with Crippen LogP contribution in [0.1, 0.15) is 10.4 Å². The summed E-state index contributed by atoms with van der Waals surface area (Å²) in [5.74, 6) is -1.60. The first-order chi connectivity index (χ1) is 15.3. The monoisotopic (exact) mass is 475 g/mol. The van der Waals surface area contributed by atoms with Gasteiger partial charge >= 0.3 is 5.97 Å². The lowest BCUT2D eigenvalue weighted by atomic mass is 10.0. The van der Waals surface area contributed by atoms with Crippen molar-refractivity contribution in [3.05, 3.63) is 74.1 Å². The van der Waals surface area contributed by atoms with Crippen LogP contribution in [0.3, 0.4) is 0 Å². The van der Waals surface area contributed by atoms with Gasteiger partial charge in [-0.15, -0.1) is 11.3 Å². The summed E-state index contributed by atoms with van der Waals surface area (Å²) in [7, 11) is 0. The van der Waals surface area contributed by atoms with Crippen LogP contribution in [0.5, 0.6) is 0 Å². The molecule has 10 nitrogen and oxygen atoms in total. The molecule has 166 valence electrons. The normalized spacial score (nSPS) is 21.8. The molecule has 4 rings (SSSR count). The smallest absolute Gasteiger partial charge is 0.355 e. The zero-order chi connectivity index (χ0) is 22.8. The van der Waals surface area contributed by atoms with Gasteiger partial charge in [-0.25, -0.2) is 4.79 Å². The van der Waals surface area contributed by atoms with E-state index in [0.717, 1.165) is 16.6 Å². The van der Waals surface area contributed by atoms with Crippen molar-refractivity contribution in [1.29, 1.82) is 0 Å². The molecule has 0 bridgehead atoms. The predicted molar refractivity (Wildman–Crippen MR) is 115 cm³/mol. The Morgan fingerprint density at radius 1 is 1.25 bits per heavy atom. The second-order valence-electron chi connectivity index (χ2n) is 6.98. The molecule has 0 saturated carbocycles. The summed E-state index contributed by atoms with van der Waals surface area (Å²) in [5.41, 5.74) is -0.711. The Hall–Kier alpha value is -3.22. The molecule has 12 heteroatoms. The number of carbonyl (C=O) groups excluding carboxylic acids is 3. The highest BCUT2D eigenvalue weighted by Crippen LogP contribution is 2.40. The van der Waals surface area contributed by atoms with Crippen molar-refractivity contribution in [3.8, 4) is 0 Å². The van der Waals surface area contributed by atoms with Gasteiger partial charge in [0.15, 0.2) is 0 Å². The van der Waals surface area contributed by atoms with Crippen molar-refractivity contribution in [2.45, 2.75) is 29.9 Å². The summed E-state index contributed by atoms with van der Waals surface area (Å²) in [6.45, 7) is -0.162. The van der Waals surface area contributed by atoms with Crippen LogP contribution < -0.4 is 5.32 Å². The molecule has 0 aliphatic carbocycles. The van der Waals surface area contributed by atoms with Gasteiger partial charge in [0.25, 0.3) is 11.6 Å². The van der Waals surface area contributed by atoms with Crippen molar-refractivity contribution >= 4 is 46.6 Å². The van der Waals surface area contributed by atoms with E-state index in [1.165, 1.54) is 46.6 Å². The number of rotatable bonds is 7. The van der Waals surface area contributed by atoms with E-state index in [1.807, 2.05) is 17.5 Å². The number of hydrogen-bond acceptors (Lipinski definition) is 9. The van der Waals surface area contributed by atoms with Crippen molar-refractivity contribution in [3.63, 3.8) is 0 Å². The molecule has 32 heavy (non-hydrogen) atoms. The molecule has 2 aliphatic heterocycles. The molecule has 0 radical (unpaired) electrons. The number of nitro benzene ring substituents is 1. The zero-order valence-corrected chi connectivity index (χ0v) is 18.0. The van der Waals surface area contributed by atoms with E-state index in [2.05, 4.69) is 5.32 Å². The third kappa shape index (κ3) is 4.52. The van der Waals surface area contributed by atoms with Gasteiger partial charge in [-0.3, -0.25) is 24.6 Å². The van der Waals surface area contributed by atoms with Gasteiger partial charge in [0, 0.05) is 17.0 Å². The number of nitro groups is 1. The van der Waals surface area contributed by atoms with Crippen LogP contribution in [0.15, 0.2) is 53.6 Å². The van der Waals surface area contributed by atoms with Crippen molar-refractivity contribution < 1.29 is 29.2 Å². The van der Waals surface area contributed by atoms with Gasteiger partial charge in [0.05, 0.1) is 11.3 Å². The molecule has 0 spiro atoms. The summed E-state index contributed by atoms with van der Waals surface area (Å²) in [5, 5.41) is 24.7. The molecule has 3 atom stereocenters. The third-order valence-electron chi connectivity index (χ3n) is 4.84. The highest BCUT2D eigenvalue weighted by atomic mass is 32.2. The van der Waals surface area contributed by atoms with Gasteiger partial charge in [-0.05, 0) is 35.2 Å². The number of hydrogen-bond donors (Lipinski definition) is 2. The van der Waals surface area contributed by atoms with Gasteiger partial charge in [-0.2, -0.15) is 0 Å². The number of carbonyl (C=O) groups is 3. The number of benzene rings is 1. The number of fused-ring (bicyclic) bond motifs is 1. The topological polar surface area (TPSA) is 139 Å². The quantitative estimate of drug-likeness (QED) is 0.266. The van der Waals surface area contributed by atoms with E-state index in [9.17, 15) is 29.6 Å². The van der Waals surface area contributed by atoms with E-state index in [0.29, 0.717) is 5.56 Å². The van der Waals surface area contributed by atoms with E-state index in [4.69, 9.17) is 4.74 Å². The molecule has 1 aromatic heterocycles. The Balaban J connectivity index is 1.37. The molecule has 2 aliphatic rings. The van der Waals surface area contributed by atoms with Crippen LogP contribution in [-0.4, -0.2) is 49.6 Å². The molecule has 2 aromatic rings. The maximum absolute atomic E-state index is 12.6. The van der Waals surface area contributed by atoms with E-state index in [-0.39, 0.29) is 30.3 Å². The molecule has 1 aromatic carbocycles. The first kappa shape index (κ1) is 22.0. The maximum Gasteiger partial charge on any atom is 0.355 e. The molecular weight excluding hydrogens is 458 g/mol. The van der Waals surface area contributed by atoms with Crippen LogP contribution in [0, 0.1) is 10.1 Å². The van der Waals surface area contributed by atoms with Crippen LogP contribution in [0.4, 0.5) is 5.69 Å². The Labute approximate surface area is 190 Å². The average molecular weight is 476 g/mol. The number of aliphatic hydroxyl groups excluding tert-OH is 1. The van der Waals surface area contributed by atoms with Gasteiger partial charge in [0.2, 0.25) is 5.91 Å². The van der Waals surface area contributed by atoms with Gasteiger partial charge in [-0.1, -0.05) is 17.8 Å². The van der Waals surface area contributed by atoms with E-state index in [1.54, 1.807) is 0 Å². The minimum atomic E-state index is -1.05. The number of thioether (sulfide) groups is 1. The summed E-state index contributed by atoms with van der Waals surface area (Å²) in [6.07, 6.45) is 1.36. The molecule has 3 heterocycles. The van der Waals surface area contributed by atoms with E-state index < -0.39 is 33.7 Å². The van der Waals surface area contributed by atoms with Gasteiger partial charge in [0.1, 0.15) is 29.2 Å². The molecular formula is C20H17N3O7S2. The highest BCUT2D eigenvalue weighted by molar-refractivity contribution is 8.00. The number of esters is 1. The number of amides is 2. The van der Waals surface area contributed by atoms with Crippen molar-refractivity contribution in [2.24, 2.45) is 0 Å². The Morgan fingerprint density at radius 2 is 2.00 bits per heavy atom. The van der Waals surface area contributed by atoms with Crippen LogP contribution in [-0.2, 0) is 32.1 Å². The fourth-order valence-corrected chi connectivity index (χ4v) is 5.17. The summed E-state index contributed by atoms with van der Waals surface area (Å²) in [4.78, 5) is 49.7. The Kier molecular flexibility index (Phi) is 6.26. The number of nitrogens with one attached hydrogen (secondary N) is 1. The molecule has 2 amide bonds. The lowest BCUT2D eigenvalue weighted by molar-refractivity contribution is -0.384. The third-order valence-corrected chi connectivity index (χ3v) is 6.89. The molecule has 2 N–H and O–H groups in total. The number of non-ortho nitro benzene ring substituents is 1. The van der Waals surface area contributed by atoms with Crippen LogP contribution in [0.25, 0.3) is 0 Å². The Bertz CT molecular complexity index is 1090. The lowest BCUT2D eigenvalue weighted by Crippen LogP contribution is -2.70. The first-order valence-electron chi connectivity index (χ1n) is 9.44. The summed E-state index contributed by atoms with van der Waals surface area (Å²) >= 11 is 2.47. The second kappa shape index (κ2) is 9.10. The van der Waals surface area contributed by atoms with Crippen molar-refractivity contribution in [2.75, 3.05) is 0 Å². The summed E-state index contributed by atoms with van der Waals surface area (Å²) < 4.78 is 5.23. The molecule has 2 unspecified atom stereocenters. The zero-order valence-electron chi connectivity index (χ0n) is 16.4. The largest absolute Gasteiger partial charge is 0.456 e. The Morgan fingerprint density at radius 3 is 2.66 bits per heavy atom. The fourth-order valence-electron chi connectivity index (χ4n) is 3.29. The first-order valence-corrected chi connectivity index (χ1v) is 11.3. The number of ether oxygens (including phenoxy) is 1. The van der Waals surface area contributed by atoms with Gasteiger partial charge < -0.3 is 15.2 Å².